The van der Waals surface area contributed by atoms with Gasteiger partial charge >= 0.3 is 0 Å². The molecule has 0 fully saturated rings. The van der Waals surface area contributed by atoms with Crippen molar-refractivity contribution in [3.05, 3.63) is 127 Å². The lowest BCUT2D eigenvalue weighted by atomic mass is 10.0. The zero-order valence-electron chi connectivity index (χ0n) is 20.4. The molecule has 4 heteroatoms. The highest BCUT2D eigenvalue weighted by Gasteiger charge is 2.19. The Balaban J connectivity index is 1.52. The van der Waals surface area contributed by atoms with E-state index in [2.05, 4.69) is 107 Å². The van der Waals surface area contributed by atoms with Crippen LogP contribution in [0.2, 0.25) is 0 Å². The number of fused-ring (bicyclic) bond motifs is 6. The molecule has 0 unspecified atom stereocenters. The summed E-state index contributed by atoms with van der Waals surface area (Å²) < 4.78 is 3.61. The molecule has 0 saturated heterocycles. The number of rotatable bonds is 3. The van der Waals surface area contributed by atoms with Crippen molar-refractivity contribution in [2.45, 2.75) is 0 Å². The second-order valence-corrected chi connectivity index (χ2v) is 10.5. The summed E-state index contributed by atoms with van der Waals surface area (Å²) in [5, 5.41) is 8.41. The van der Waals surface area contributed by atoms with Gasteiger partial charge < -0.3 is 0 Å². The minimum Gasteiger partial charge on any atom is -0.294 e. The van der Waals surface area contributed by atoms with E-state index in [0.29, 0.717) is 5.82 Å². The standard InChI is InChI=1S/C34H21N3S/c1-3-10-23(11-4-1)28-21-32(36-34(35-28)24-12-5-2-6-13-24)37-29-16-15-22-9-7-8-14-26(22)33(29)27-20-31-25(17-18-38-31)19-30(27)37/h1-21H. The topological polar surface area (TPSA) is 30.7 Å². The Bertz CT molecular complexity index is 2070. The Kier molecular flexibility index (Phi) is 4.69. The Morgan fingerprint density at radius 1 is 0.553 bits per heavy atom. The van der Waals surface area contributed by atoms with Crippen LogP contribution in [-0.2, 0) is 0 Å². The van der Waals surface area contributed by atoms with Gasteiger partial charge in [-0.2, -0.15) is 0 Å². The van der Waals surface area contributed by atoms with Crippen molar-refractivity contribution in [1.82, 2.24) is 14.5 Å². The maximum atomic E-state index is 5.17. The van der Waals surface area contributed by atoms with Crippen LogP contribution >= 0.6 is 11.3 Å². The molecule has 38 heavy (non-hydrogen) atoms. The average molecular weight is 504 g/mol. The largest absolute Gasteiger partial charge is 0.294 e. The van der Waals surface area contributed by atoms with Gasteiger partial charge in [0, 0.05) is 32.7 Å². The van der Waals surface area contributed by atoms with Gasteiger partial charge in [-0.15, -0.1) is 11.3 Å². The zero-order valence-corrected chi connectivity index (χ0v) is 21.2. The predicted octanol–water partition coefficient (Wildman–Crippen LogP) is 9.28. The molecule has 178 valence electrons. The maximum Gasteiger partial charge on any atom is 0.162 e. The first-order valence-corrected chi connectivity index (χ1v) is 13.5. The van der Waals surface area contributed by atoms with Crippen molar-refractivity contribution in [2.75, 3.05) is 0 Å². The highest BCUT2D eigenvalue weighted by Crippen LogP contribution is 2.40. The molecular formula is C34H21N3S. The van der Waals surface area contributed by atoms with E-state index in [4.69, 9.17) is 9.97 Å². The van der Waals surface area contributed by atoms with Gasteiger partial charge in [-0.05, 0) is 45.8 Å². The summed E-state index contributed by atoms with van der Waals surface area (Å²) in [7, 11) is 0. The molecule has 8 rings (SSSR count). The Labute approximate surface area is 223 Å². The summed E-state index contributed by atoms with van der Waals surface area (Å²) in [5.41, 5.74) is 5.27. The molecule has 0 atom stereocenters. The van der Waals surface area contributed by atoms with E-state index in [0.717, 1.165) is 33.7 Å². The predicted molar refractivity (Wildman–Crippen MR) is 160 cm³/mol. The zero-order chi connectivity index (χ0) is 25.1. The summed E-state index contributed by atoms with van der Waals surface area (Å²) in [6, 6.07) is 42.7. The first-order valence-electron chi connectivity index (χ1n) is 12.7. The SMILES string of the molecule is c1ccc(-c2cc(-n3c4cc5ccsc5cc4c4c5ccccc5ccc43)nc(-c3ccccc3)n2)cc1. The molecule has 0 spiro atoms. The highest BCUT2D eigenvalue weighted by molar-refractivity contribution is 7.17. The van der Waals surface area contributed by atoms with Gasteiger partial charge in [-0.25, -0.2) is 9.97 Å². The first kappa shape index (κ1) is 21.3. The molecule has 0 aliphatic carbocycles. The van der Waals surface area contributed by atoms with Crippen LogP contribution in [0, 0.1) is 0 Å². The van der Waals surface area contributed by atoms with E-state index in [-0.39, 0.29) is 0 Å². The molecule has 0 saturated carbocycles. The van der Waals surface area contributed by atoms with Crippen molar-refractivity contribution in [2.24, 2.45) is 0 Å². The molecule has 3 heterocycles. The molecule has 5 aromatic carbocycles. The van der Waals surface area contributed by atoms with Crippen molar-refractivity contribution in [3.63, 3.8) is 0 Å². The Hall–Kier alpha value is -4.80. The fourth-order valence-corrected chi connectivity index (χ4v) is 6.32. The molecule has 0 aliphatic rings. The van der Waals surface area contributed by atoms with Gasteiger partial charge in [0.2, 0.25) is 0 Å². The smallest absolute Gasteiger partial charge is 0.162 e. The van der Waals surface area contributed by atoms with Crippen LogP contribution in [0.25, 0.3) is 71.1 Å². The molecule has 0 aliphatic heterocycles. The van der Waals surface area contributed by atoms with Crippen LogP contribution in [0.3, 0.4) is 0 Å². The first-order chi connectivity index (χ1) is 18.8. The van der Waals surface area contributed by atoms with E-state index in [1.165, 1.54) is 31.6 Å². The molecule has 0 N–H and O–H groups in total. The van der Waals surface area contributed by atoms with Gasteiger partial charge in [-0.1, -0.05) is 91.0 Å². The van der Waals surface area contributed by atoms with Gasteiger partial charge in [0.25, 0.3) is 0 Å². The third-order valence-electron chi connectivity index (χ3n) is 7.27. The minimum atomic E-state index is 0.717. The lowest BCUT2D eigenvalue weighted by Crippen LogP contribution is -2.02. The van der Waals surface area contributed by atoms with Crippen LogP contribution in [0.5, 0.6) is 0 Å². The van der Waals surface area contributed by atoms with E-state index in [9.17, 15) is 0 Å². The van der Waals surface area contributed by atoms with Crippen LogP contribution in [0.15, 0.2) is 127 Å². The maximum absolute atomic E-state index is 5.17. The van der Waals surface area contributed by atoms with Gasteiger partial charge in [-0.3, -0.25) is 4.57 Å². The normalized spacial score (nSPS) is 11.7. The molecule has 8 aromatic rings. The monoisotopic (exact) mass is 503 g/mol. The summed E-state index contributed by atoms with van der Waals surface area (Å²) in [6.07, 6.45) is 0. The van der Waals surface area contributed by atoms with E-state index >= 15 is 0 Å². The highest BCUT2D eigenvalue weighted by atomic mass is 32.1. The fourth-order valence-electron chi connectivity index (χ4n) is 5.51. The van der Waals surface area contributed by atoms with Crippen molar-refractivity contribution in [1.29, 1.82) is 0 Å². The summed E-state index contributed by atoms with van der Waals surface area (Å²) in [6.45, 7) is 0. The van der Waals surface area contributed by atoms with Crippen LogP contribution in [-0.4, -0.2) is 14.5 Å². The van der Waals surface area contributed by atoms with E-state index in [1.54, 1.807) is 11.3 Å². The molecule has 3 aromatic heterocycles. The Morgan fingerprint density at radius 3 is 2.16 bits per heavy atom. The average Bonchev–Trinajstić information content (AvgIpc) is 3.58. The quantitative estimate of drug-likeness (QED) is 0.240. The fraction of sp³-hybridized carbons (Fsp3) is 0. The lowest BCUT2D eigenvalue weighted by Gasteiger charge is -2.12. The second kappa shape index (κ2) is 8.37. The van der Waals surface area contributed by atoms with Crippen molar-refractivity contribution < 1.29 is 0 Å². The van der Waals surface area contributed by atoms with Crippen molar-refractivity contribution in [3.8, 4) is 28.5 Å². The molecule has 0 bridgehead atoms. The van der Waals surface area contributed by atoms with Gasteiger partial charge in [0.05, 0.1) is 16.7 Å². The minimum absolute atomic E-state index is 0.717. The number of thiophene rings is 1. The van der Waals surface area contributed by atoms with Crippen LogP contribution in [0.1, 0.15) is 0 Å². The second-order valence-electron chi connectivity index (χ2n) is 9.51. The number of aromatic nitrogens is 3. The van der Waals surface area contributed by atoms with Crippen LogP contribution in [0.4, 0.5) is 0 Å². The number of nitrogens with zero attached hydrogens (tertiary/aromatic N) is 3. The molecular weight excluding hydrogens is 482 g/mol. The van der Waals surface area contributed by atoms with Crippen molar-refractivity contribution >= 4 is 54.0 Å². The summed E-state index contributed by atoms with van der Waals surface area (Å²) >= 11 is 1.79. The third-order valence-corrected chi connectivity index (χ3v) is 8.15. The number of benzene rings is 5. The lowest BCUT2D eigenvalue weighted by molar-refractivity contribution is 1.05. The number of hydrogen-bond acceptors (Lipinski definition) is 3. The van der Waals surface area contributed by atoms with E-state index < -0.39 is 0 Å². The van der Waals surface area contributed by atoms with Crippen LogP contribution < -0.4 is 0 Å². The third kappa shape index (κ3) is 3.28. The molecule has 0 radical (unpaired) electrons. The van der Waals surface area contributed by atoms with E-state index in [1.807, 2.05) is 24.3 Å². The Morgan fingerprint density at radius 2 is 1.32 bits per heavy atom. The molecule has 0 amide bonds. The molecule has 3 nitrogen and oxygen atoms in total. The van der Waals surface area contributed by atoms with Gasteiger partial charge in [0.1, 0.15) is 5.82 Å². The number of hydrogen-bond donors (Lipinski definition) is 0. The summed E-state index contributed by atoms with van der Waals surface area (Å²) in [4.78, 5) is 10.2. The summed E-state index contributed by atoms with van der Waals surface area (Å²) in [5.74, 6) is 1.58. The van der Waals surface area contributed by atoms with Gasteiger partial charge in [0.15, 0.2) is 5.82 Å².